The predicted octanol–water partition coefficient (Wildman–Crippen LogP) is 4.61. The van der Waals surface area contributed by atoms with Crippen molar-refractivity contribution >= 4 is 22.6 Å². The molecule has 2 aromatic rings. The van der Waals surface area contributed by atoms with E-state index in [0.717, 1.165) is 38.0 Å². The predicted molar refractivity (Wildman–Crippen MR) is 106 cm³/mol. The topological polar surface area (TPSA) is 54.5 Å². The van der Waals surface area contributed by atoms with E-state index in [1.807, 2.05) is 38.1 Å². The lowest BCUT2D eigenvalue weighted by atomic mass is 10.0. The van der Waals surface area contributed by atoms with Crippen LogP contribution in [0.5, 0.6) is 0 Å². The van der Waals surface area contributed by atoms with Crippen molar-refractivity contribution in [2.45, 2.75) is 58.6 Å². The van der Waals surface area contributed by atoms with E-state index in [9.17, 15) is 4.79 Å². The number of fused-ring (bicyclic) bond motifs is 1. The van der Waals surface area contributed by atoms with Crippen LogP contribution in [0.15, 0.2) is 30.6 Å². The highest BCUT2D eigenvalue weighted by atomic mass is 16.6. The van der Waals surface area contributed by atoms with Crippen LogP contribution in [0.4, 0.5) is 10.5 Å². The van der Waals surface area contributed by atoms with E-state index in [4.69, 9.17) is 4.74 Å². The van der Waals surface area contributed by atoms with Crippen LogP contribution in [-0.2, 0) is 11.2 Å². The Hall–Kier alpha value is -2.30. The number of anilines is 1. The Bertz CT molecular complexity index is 769. The molecule has 140 valence electrons. The van der Waals surface area contributed by atoms with E-state index in [1.54, 1.807) is 0 Å². The standard InChI is InChI=1S/C21H29N3O2/c1-5-15-13-22-14-16-7-6-8-18(19(15)16)23-17-9-11-24(12-10-17)20(25)26-21(2,3)4/h6-8,13-14,17,23H,5,9-12H2,1-4H3. The zero-order valence-corrected chi connectivity index (χ0v) is 16.2. The van der Waals surface area contributed by atoms with Gasteiger partial charge >= 0.3 is 6.09 Å². The molecule has 2 heterocycles. The number of rotatable bonds is 3. The summed E-state index contributed by atoms with van der Waals surface area (Å²) < 4.78 is 5.48. The summed E-state index contributed by atoms with van der Waals surface area (Å²) in [5, 5.41) is 6.13. The van der Waals surface area contributed by atoms with Crippen LogP contribution in [0.1, 0.15) is 46.1 Å². The molecule has 1 aliphatic rings. The summed E-state index contributed by atoms with van der Waals surface area (Å²) in [4.78, 5) is 18.4. The van der Waals surface area contributed by atoms with Gasteiger partial charge in [-0.25, -0.2) is 4.79 Å². The van der Waals surface area contributed by atoms with Gasteiger partial charge < -0.3 is 15.0 Å². The molecule has 1 aliphatic heterocycles. The Kier molecular flexibility index (Phi) is 5.35. The molecule has 0 aliphatic carbocycles. The number of aryl methyl sites for hydroxylation is 1. The number of pyridine rings is 1. The second-order valence-corrected chi connectivity index (χ2v) is 7.94. The van der Waals surface area contributed by atoms with Gasteiger partial charge in [-0.05, 0) is 51.7 Å². The highest BCUT2D eigenvalue weighted by Crippen LogP contribution is 2.28. The van der Waals surface area contributed by atoms with Gasteiger partial charge in [-0.1, -0.05) is 19.1 Å². The molecule has 26 heavy (non-hydrogen) atoms. The second kappa shape index (κ2) is 7.52. The number of nitrogens with one attached hydrogen (secondary N) is 1. The first-order valence-corrected chi connectivity index (χ1v) is 9.47. The van der Waals surface area contributed by atoms with Crippen molar-refractivity contribution < 1.29 is 9.53 Å². The van der Waals surface area contributed by atoms with Crippen molar-refractivity contribution in [3.05, 3.63) is 36.2 Å². The maximum atomic E-state index is 12.2. The molecule has 5 nitrogen and oxygen atoms in total. The van der Waals surface area contributed by atoms with Crippen molar-refractivity contribution in [3.63, 3.8) is 0 Å². The lowest BCUT2D eigenvalue weighted by Gasteiger charge is -2.34. The highest BCUT2D eigenvalue weighted by molar-refractivity contribution is 5.96. The van der Waals surface area contributed by atoms with Crippen molar-refractivity contribution in [1.29, 1.82) is 0 Å². The Balaban J connectivity index is 1.67. The number of amides is 1. The Labute approximate surface area is 155 Å². The van der Waals surface area contributed by atoms with Gasteiger partial charge in [0.15, 0.2) is 0 Å². The lowest BCUT2D eigenvalue weighted by molar-refractivity contribution is 0.0210. The SMILES string of the molecule is CCc1cncc2cccc(NC3CCN(C(=O)OC(C)(C)C)CC3)c12. The number of ether oxygens (including phenoxy) is 1. The van der Waals surface area contributed by atoms with Gasteiger partial charge in [0, 0.05) is 48.0 Å². The average molecular weight is 355 g/mol. The number of aromatic nitrogens is 1. The minimum Gasteiger partial charge on any atom is -0.444 e. The number of benzene rings is 1. The van der Waals surface area contributed by atoms with Crippen molar-refractivity contribution in [2.75, 3.05) is 18.4 Å². The molecular formula is C21H29N3O2. The first-order valence-electron chi connectivity index (χ1n) is 9.47. The van der Waals surface area contributed by atoms with Crippen molar-refractivity contribution in [1.82, 2.24) is 9.88 Å². The molecule has 1 aromatic carbocycles. The van der Waals surface area contributed by atoms with Crippen molar-refractivity contribution in [2.24, 2.45) is 0 Å². The average Bonchev–Trinajstić information content (AvgIpc) is 2.60. The summed E-state index contributed by atoms with van der Waals surface area (Å²) in [6, 6.07) is 6.68. The zero-order chi connectivity index (χ0) is 18.7. The number of nitrogens with zero attached hydrogens (tertiary/aromatic N) is 2. The number of carbonyl (C=O) groups excluding carboxylic acids is 1. The summed E-state index contributed by atoms with van der Waals surface area (Å²) in [6.45, 7) is 9.31. The van der Waals surface area contributed by atoms with E-state index in [1.165, 1.54) is 16.3 Å². The van der Waals surface area contributed by atoms with E-state index in [0.29, 0.717) is 6.04 Å². The molecule has 5 heteroatoms. The summed E-state index contributed by atoms with van der Waals surface area (Å²) in [5.74, 6) is 0. The van der Waals surface area contributed by atoms with Gasteiger partial charge in [0.05, 0.1) is 0 Å². The lowest BCUT2D eigenvalue weighted by Crippen LogP contribution is -2.44. The Morgan fingerprint density at radius 1 is 1.27 bits per heavy atom. The van der Waals surface area contributed by atoms with Crippen LogP contribution in [0.2, 0.25) is 0 Å². The zero-order valence-electron chi connectivity index (χ0n) is 16.2. The molecule has 1 N–H and O–H groups in total. The fourth-order valence-corrected chi connectivity index (χ4v) is 3.45. The van der Waals surface area contributed by atoms with Gasteiger partial charge in [-0.3, -0.25) is 4.98 Å². The van der Waals surface area contributed by atoms with Crippen LogP contribution in [-0.4, -0.2) is 40.7 Å². The third kappa shape index (κ3) is 4.26. The summed E-state index contributed by atoms with van der Waals surface area (Å²) >= 11 is 0. The minimum absolute atomic E-state index is 0.208. The van der Waals surface area contributed by atoms with Crippen LogP contribution in [0.3, 0.4) is 0 Å². The smallest absolute Gasteiger partial charge is 0.410 e. The highest BCUT2D eigenvalue weighted by Gasteiger charge is 2.27. The summed E-state index contributed by atoms with van der Waals surface area (Å²) in [7, 11) is 0. The molecule has 0 atom stereocenters. The van der Waals surface area contributed by atoms with E-state index < -0.39 is 5.60 Å². The molecular weight excluding hydrogens is 326 g/mol. The van der Waals surface area contributed by atoms with Gasteiger partial charge in [0.25, 0.3) is 0 Å². The van der Waals surface area contributed by atoms with E-state index in [-0.39, 0.29) is 6.09 Å². The molecule has 1 fully saturated rings. The summed E-state index contributed by atoms with van der Waals surface area (Å²) in [5.41, 5.74) is 1.98. The Morgan fingerprint density at radius 3 is 2.65 bits per heavy atom. The normalized spacial score (nSPS) is 15.9. The van der Waals surface area contributed by atoms with Gasteiger partial charge in [0.1, 0.15) is 5.60 Å². The second-order valence-electron chi connectivity index (χ2n) is 7.94. The quantitative estimate of drug-likeness (QED) is 0.873. The molecule has 1 amide bonds. The van der Waals surface area contributed by atoms with Gasteiger partial charge in [0.2, 0.25) is 0 Å². The molecule has 1 saturated heterocycles. The first-order chi connectivity index (χ1) is 12.4. The van der Waals surface area contributed by atoms with E-state index in [2.05, 4.69) is 35.4 Å². The molecule has 0 spiro atoms. The van der Waals surface area contributed by atoms with Crippen molar-refractivity contribution in [3.8, 4) is 0 Å². The maximum Gasteiger partial charge on any atom is 0.410 e. The third-order valence-corrected chi connectivity index (χ3v) is 4.75. The molecule has 0 saturated carbocycles. The molecule has 1 aromatic heterocycles. The van der Waals surface area contributed by atoms with E-state index >= 15 is 0 Å². The number of hydrogen-bond acceptors (Lipinski definition) is 4. The Morgan fingerprint density at radius 2 is 2.00 bits per heavy atom. The number of likely N-dealkylation sites (tertiary alicyclic amines) is 1. The van der Waals surface area contributed by atoms with Crippen LogP contribution < -0.4 is 5.32 Å². The minimum atomic E-state index is -0.445. The summed E-state index contributed by atoms with van der Waals surface area (Å²) in [6.07, 6.45) is 6.47. The number of hydrogen-bond donors (Lipinski definition) is 1. The number of carbonyl (C=O) groups is 1. The number of piperidine rings is 1. The fraction of sp³-hybridized carbons (Fsp3) is 0.524. The van der Waals surface area contributed by atoms with Gasteiger partial charge in [-0.15, -0.1) is 0 Å². The molecule has 0 bridgehead atoms. The largest absolute Gasteiger partial charge is 0.444 e. The third-order valence-electron chi connectivity index (χ3n) is 4.75. The van der Waals surface area contributed by atoms with Crippen LogP contribution in [0.25, 0.3) is 10.8 Å². The fourth-order valence-electron chi connectivity index (χ4n) is 3.45. The van der Waals surface area contributed by atoms with Gasteiger partial charge in [-0.2, -0.15) is 0 Å². The maximum absolute atomic E-state index is 12.2. The monoisotopic (exact) mass is 355 g/mol. The van der Waals surface area contributed by atoms with Crippen LogP contribution >= 0.6 is 0 Å². The molecule has 0 unspecified atom stereocenters. The van der Waals surface area contributed by atoms with Crippen LogP contribution in [0, 0.1) is 0 Å². The first kappa shape index (κ1) is 18.5. The molecule has 3 rings (SSSR count). The molecule has 0 radical (unpaired) electrons.